The standard InChI is InChI=1S/C18H15ClN4O2S/c1-24-15-8-7-11(9-16(15)25-2)17-20-21-18-23(17)22-14(10-26-18)12-5-3-4-6-13(12)19/h3-9H,10H2,1-2H3. The molecule has 1 aromatic heterocycles. The van der Waals surface area contributed by atoms with Crippen molar-refractivity contribution in [3.8, 4) is 22.9 Å². The number of hydrogen-bond acceptors (Lipinski definition) is 6. The summed E-state index contributed by atoms with van der Waals surface area (Å²) in [5, 5.41) is 14.7. The first-order chi connectivity index (χ1) is 12.7. The third kappa shape index (κ3) is 2.93. The van der Waals surface area contributed by atoms with Crippen LogP contribution in [0.3, 0.4) is 0 Å². The van der Waals surface area contributed by atoms with Gasteiger partial charge in [0, 0.05) is 21.9 Å². The highest BCUT2D eigenvalue weighted by molar-refractivity contribution is 7.99. The number of hydrogen-bond donors (Lipinski definition) is 0. The molecule has 0 amide bonds. The Morgan fingerprint density at radius 1 is 1.04 bits per heavy atom. The molecule has 1 aliphatic heterocycles. The lowest BCUT2D eigenvalue weighted by Crippen LogP contribution is -2.14. The summed E-state index contributed by atoms with van der Waals surface area (Å²) in [6, 6.07) is 13.3. The summed E-state index contributed by atoms with van der Waals surface area (Å²) in [7, 11) is 3.21. The molecule has 0 radical (unpaired) electrons. The molecule has 0 N–H and O–H groups in total. The number of aromatic nitrogens is 3. The summed E-state index contributed by atoms with van der Waals surface area (Å²) < 4.78 is 12.4. The molecule has 6 nitrogen and oxygen atoms in total. The van der Waals surface area contributed by atoms with Gasteiger partial charge in [0.25, 0.3) is 0 Å². The second kappa shape index (κ2) is 7.01. The molecule has 0 fully saturated rings. The molecule has 0 saturated heterocycles. The molecule has 1 aliphatic rings. The molecule has 26 heavy (non-hydrogen) atoms. The third-order valence-electron chi connectivity index (χ3n) is 4.00. The minimum atomic E-state index is 0.626. The lowest BCUT2D eigenvalue weighted by Gasteiger charge is -2.15. The van der Waals surface area contributed by atoms with Gasteiger partial charge in [0.2, 0.25) is 5.16 Å². The van der Waals surface area contributed by atoms with Gasteiger partial charge in [-0.25, -0.2) is 0 Å². The van der Waals surface area contributed by atoms with Gasteiger partial charge in [0.05, 0.1) is 19.9 Å². The number of benzene rings is 2. The number of halogens is 1. The average Bonchev–Trinajstić information content (AvgIpc) is 3.11. The summed E-state index contributed by atoms with van der Waals surface area (Å²) in [5.41, 5.74) is 2.64. The van der Waals surface area contributed by atoms with E-state index in [1.54, 1.807) is 30.7 Å². The van der Waals surface area contributed by atoms with E-state index >= 15 is 0 Å². The van der Waals surface area contributed by atoms with Gasteiger partial charge in [0.1, 0.15) is 0 Å². The Bertz CT molecular complexity index is 1000. The Hall–Kier alpha value is -2.51. The highest BCUT2D eigenvalue weighted by Gasteiger charge is 2.22. The fourth-order valence-corrected chi connectivity index (χ4v) is 3.78. The van der Waals surface area contributed by atoms with Crippen molar-refractivity contribution in [1.82, 2.24) is 14.9 Å². The van der Waals surface area contributed by atoms with E-state index in [0.29, 0.717) is 28.1 Å². The van der Waals surface area contributed by atoms with Crippen molar-refractivity contribution in [3.05, 3.63) is 53.1 Å². The Morgan fingerprint density at radius 3 is 2.62 bits per heavy atom. The number of thioether (sulfide) groups is 1. The van der Waals surface area contributed by atoms with E-state index in [1.807, 2.05) is 42.5 Å². The van der Waals surface area contributed by atoms with Gasteiger partial charge in [0.15, 0.2) is 17.3 Å². The molecular weight excluding hydrogens is 372 g/mol. The van der Waals surface area contributed by atoms with Gasteiger partial charge in [-0.15, -0.1) is 10.2 Å². The van der Waals surface area contributed by atoms with E-state index in [4.69, 9.17) is 26.2 Å². The van der Waals surface area contributed by atoms with Crippen molar-refractivity contribution in [2.24, 2.45) is 5.10 Å². The maximum Gasteiger partial charge on any atom is 0.212 e. The van der Waals surface area contributed by atoms with Gasteiger partial charge in [-0.2, -0.15) is 9.78 Å². The number of fused-ring (bicyclic) bond motifs is 1. The van der Waals surface area contributed by atoms with Crippen molar-refractivity contribution in [2.75, 3.05) is 20.0 Å². The van der Waals surface area contributed by atoms with Crippen LogP contribution in [0, 0.1) is 0 Å². The van der Waals surface area contributed by atoms with Crippen LogP contribution < -0.4 is 9.47 Å². The van der Waals surface area contributed by atoms with Gasteiger partial charge in [-0.3, -0.25) is 0 Å². The molecule has 8 heteroatoms. The molecule has 0 spiro atoms. The maximum absolute atomic E-state index is 6.33. The van der Waals surface area contributed by atoms with Gasteiger partial charge in [-0.1, -0.05) is 41.6 Å². The average molecular weight is 387 g/mol. The van der Waals surface area contributed by atoms with Crippen molar-refractivity contribution < 1.29 is 9.47 Å². The Kier molecular flexibility index (Phi) is 4.57. The fraction of sp³-hybridized carbons (Fsp3) is 0.167. The van der Waals surface area contributed by atoms with Crippen LogP contribution in [0.1, 0.15) is 5.56 Å². The molecule has 2 aromatic carbocycles. The van der Waals surface area contributed by atoms with E-state index in [1.165, 1.54) is 0 Å². The van der Waals surface area contributed by atoms with Crippen LogP contribution >= 0.6 is 23.4 Å². The van der Waals surface area contributed by atoms with Gasteiger partial charge < -0.3 is 9.47 Å². The van der Waals surface area contributed by atoms with E-state index in [-0.39, 0.29) is 0 Å². The Morgan fingerprint density at radius 2 is 1.85 bits per heavy atom. The topological polar surface area (TPSA) is 61.5 Å². The van der Waals surface area contributed by atoms with Crippen LogP contribution in [0.25, 0.3) is 11.4 Å². The molecule has 3 aromatic rings. The zero-order chi connectivity index (χ0) is 18.1. The number of methoxy groups -OCH3 is 2. The molecule has 0 bridgehead atoms. The van der Waals surface area contributed by atoms with Crippen LogP contribution in [0.5, 0.6) is 11.5 Å². The lowest BCUT2D eigenvalue weighted by atomic mass is 10.1. The Balaban J connectivity index is 1.80. The first-order valence-electron chi connectivity index (χ1n) is 7.84. The molecule has 0 aliphatic carbocycles. The molecule has 0 saturated carbocycles. The number of nitrogens with zero attached hydrogens (tertiary/aromatic N) is 4. The summed E-state index contributed by atoms with van der Waals surface area (Å²) in [4.78, 5) is 0. The third-order valence-corrected chi connectivity index (χ3v) is 5.26. The summed E-state index contributed by atoms with van der Waals surface area (Å²) in [6.07, 6.45) is 0. The molecule has 0 atom stereocenters. The van der Waals surface area contributed by atoms with Crippen molar-refractivity contribution in [1.29, 1.82) is 0 Å². The second-order valence-corrected chi connectivity index (χ2v) is 6.85. The van der Waals surface area contributed by atoms with Crippen molar-refractivity contribution in [3.63, 3.8) is 0 Å². The molecule has 4 rings (SSSR count). The molecular formula is C18H15ClN4O2S. The maximum atomic E-state index is 6.33. The minimum Gasteiger partial charge on any atom is -0.493 e. The minimum absolute atomic E-state index is 0.626. The second-order valence-electron chi connectivity index (χ2n) is 5.50. The zero-order valence-electron chi connectivity index (χ0n) is 14.1. The van der Waals surface area contributed by atoms with E-state index < -0.39 is 0 Å². The number of ether oxygens (including phenoxy) is 2. The highest BCUT2D eigenvalue weighted by Crippen LogP contribution is 2.34. The lowest BCUT2D eigenvalue weighted by molar-refractivity contribution is 0.355. The predicted molar refractivity (Wildman–Crippen MR) is 103 cm³/mol. The Labute approximate surface area is 159 Å². The van der Waals surface area contributed by atoms with Gasteiger partial charge in [-0.05, 0) is 24.3 Å². The normalized spacial score (nSPS) is 13.1. The monoisotopic (exact) mass is 386 g/mol. The summed E-state index contributed by atoms with van der Waals surface area (Å²) in [5.74, 6) is 2.61. The van der Waals surface area contributed by atoms with Gasteiger partial charge >= 0.3 is 0 Å². The van der Waals surface area contributed by atoms with E-state index in [2.05, 4.69) is 10.2 Å². The fourth-order valence-electron chi connectivity index (χ4n) is 2.71. The largest absolute Gasteiger partial charge is 0.493 e. The first-order valence-corrected chi connectivity index (χ1v) is 9.21. The zero-order valence-corrected chi connectivity index (χ0v) is 15.7. The molecule has 0 unspecified atom stereocenters. The van der Waals surface area contributed by atoms with Crippen LogP contribution in [-0.4, -0.2) is 40.6 Å². The van der Waals surface area contributed by atoms with Crippen molar-refractivity contribution >= 4 is 29.1 Å². The smallest absolute Gasteiger partial charge is 0.212 e. The van der Waals surface area contributed by atoms with Crippen LogP contribution in [0.15, 0.2) is 52.7 Å². The summed E-state index contributed by atoms with van der Waals surface area (Å²) in [6.45, 7) is 0. The SMILES string of the molecule is COc1ccc(-c2nnc3n2N=C(c2ccccc2Cl)CS3)cc1OC. The summed E-state index contributed by atoms with van der Waals surface area (Å²) >= 11 is 7.90. The van der Waals surface area contributed by atoms with E-state index in [0.717, 1.165) is 22.0 Å². The predicted octanol–water partition coefficient (Wildman–Crippen LogP) is 3.97. The first kappa shape index (κ1) is 16.9. The van der Waals surface area contributed by atoms with E-state index in [9.17, 15) is 0 Å². The quantitative estimate of drug-likeness (QED) is 0.678. The molecule has 2 heterocycles. The van der Waals surface area contributed by atoms with Crippen molar-refractivity contribution in [2.45, 2.75) is 5.16 Å². The highest BCUT2D eigenvalue weighted by atomic mass is 35.5. The molecule has 132 valence electrons. The van der Waals surface area contributed by atoms with Crippen LogP contribution in [0.4, 0.5) is 0 Å². The van der Waals surface area contributed by atoms with Crippen LogP contribution in [0.2, 0.25) is 5.02 Å². The van der Waals surface area contributed by atoms with Crippen LogP contribution in [-0.2, 0) is 0 Å². The number of rotatable bonds is 4.